The second kappa shape index (κ2) is 5.49. The maximum Gasteiger partial charge on any atom is 0.253 e. The largest absolute Gasteiger partial charge is 0.342 e. The van der Waals surface area contributed by atoms with E-state index in [9.17, 15) is 9.18 Å². The molecule has 1 aromatic rings. The molecule has 82 valence electrons. The van der Waals surface area contributed by atoms with Crippen molar-refractivity contribution in [1.82, 2.24) is 4.90 Å². The molecule has 0 spiro atoms. The lowest BCUT2D eigenvalue weighted by Gasteiger charge is -2.16. The predicted octanol–water partition coefficient (Wildman–Crippen LogP) is 2.70. The summed E-state index contributed by atoms with van der Waals surface area (Å²) in [5, 5.41) is 0. The van der Waals surface area contributed by atoms with E-state index in [4.69, 9.17) is 0 Å². The first-order valence-electron chi connectivity index (χ1n) is 5.16. The lowest BCUT2D eigenvalue weighted by Crippen LogP contribution is -2.27. The van der Waals surface area contributed by atoms with Gasteiger partial charge in [0.25, 0.3) is 5.91 Å². The molecule has 0 aromatic heterocycles. The molecule has 1 rings (SSSR count). The molecule has 0 aliphatic rings. The van der Waals surface area contributed by atoms with E-state index in [2.05, 4.69) is 6.92 Å². The summed E-state index contributed by atoms with van der Waals surface area (Å²) in [6.07, 6.45) is 2.05. The topological polar surface area (TPSA) is 20.3 Å². The summed E-state index contributed by atoms with van der Waals surface area (Å²) in [7, 11) is 1.77. The van der Waals surface area contributed by atoms with Gasteiger partial charge in [0, 0.05) is 19.2 Å². The molecular formula is C12H16FNO. The van der Waals surface area contributed by atoms with Gasteiger partial charge in [0.05, 0.1) is 0 Å². The Bertz CT molecular complexity index is 321. The van der Waals surface area contributed by atoms with Crippen LogP contribution in [-0.2, 0) is 0 Å². The monoisotopic (exact) mass is 209 g/mol. The highest BCUT2D eigenvalue weighted by Crippen LogP contribution is 2.06. The smallest absolute Gasteiger partial charge is 0.253 e. The van der Waals surface area contributed by atoms with Crippen molar-refractivity contribution in [2.45, 2.75) is 19.8 Å². The van der Waals surface area contributed by atoms with Crippen LogP contribution in [0.15, 0.2) is 24.3 Å². The van der Waals surface area contributed by atoms with E-state index in [1.165, 1.54) is 24.3 Å². The molecule has 2 nitrogen and oxygen atoms in total. The Morgan fingerprint density at radius 2 is 1.93 bits per heavy atom. The van der Waals surface area contributed by atoms with Gasteiger partial charge in [0.1, 0.15) is 5.82 Å². The highest BCUT2D eigenvalue weighted by molar-refractivity contribution is 5.93. The Kier molecular flexibility index (Phi) is 4.28. The number of unbranched alkanes of at least 4 members (excludes halogenated alkanes) is 1. The third-order valence-electron chi connectivity index (χ3n) is 2.28. The fraction of sp³-hybridized carbons (Fsp3) is 0.417. The molecule has 0 aliphatic heterocycles. The molecule has 0 bridgehead atoms. The quantitative estimate of drug-likeness (QED) is 0.746. The second-order valence-electron chi connectivity index (χ2n) is 3.59. The summed E-state index contributed by atoms with van der Waals surface area (Å²) in [5.74, 6) is -0.369. The maximum atomic E-state index is 12.6. The SMILES string of the molecule is CCCCN(C)C(=O)c1ccc(F)cc1. The first kappa shape index (κ1) is 11.7. The van der Waals surface area contributed by atoms with Gasteiger partial charge in [-0.3, -0.25) is 4.79 Å². The molecule has 0 atom stereocenters. The summed E-state index contributed by atoms with van der Waals surface area (Å²) in [6, 6.07) is 5.64. The van der Waals surface area contributed by atoms with Gasteiger partial charge in [-0.1, -0.05) is 13.3 Å². The Morgan fingerprint density at radius 3 is 2.47 bits per heavy atom. The van der Waals surface area contributed by atoms with Crippen molar-refractivity contribution in [2.75, 3.05) is 13.6 Å². The Balaban J connectivity index is 2.63. The molecular weight excluding hydrogens is 193 g/mol. The summed E-state index contributed by atoms with van der Waals surface area (Å²) in [6.45, 7) is 2.82. The van der Waals surface area contributed by atoms with Gasteiger partial charge in [0.2, 0.25) is 0 Å². The summed E-state index contributed by atoms with van der Waals surface area (Å²) in [5.41, 5.74) is 0.537. The molecule has 0 radical (unpaired) electrons. The van der Waals surface area contributed by atoms with Crippen molar-refractivity contribution in [1.29, 1.82) is 0 Å². The fourth-order valence-electron chi connectivity index (χ4n) is 1.31. The maximum absolute atomic E-state index is 12.6. The molecule has 1 aromatic carbocycles. The standard InChI is InChI=1S/C12H16FNO/c1-3-4-9-14(2)12(15)10-5-7-11(13)8-6-10/h5-8H,3-4,9H2,1-2H3. The van der Waals surface area contributed by atoms with E-state index in [0.717, 1.165) is 19.4 Å². The minimum absolute atomic E-state index is 0.0524. The van der Waals surface area contributed by atoms with Gasteiger partial charge < -0.3 is 4.90 Å². The molecule has 0 heterocycles. The van der Waals surface area contributed by atoms with Crippen molar-refractivity contribution in [3.63, 3.8) is 0 Å². The minimum Gasteiger partial charge on any atom is -0.342 e. The number of hydrogen-bond acceptors (Lipinski definition) is 1. The van der Waals surface area contributed by atoms with Gasteiger partial charge in [0.15, 0.2) is 0 Å². The van der Waals surface area contributed by atoms with Crippen LogP contribution in [0.2, 0.25) is 0 Å². The highest BCUT2D eigenvalue weighted by atomic mass is 19.1. The van der Waals surface area contributed by atoms with Gasteiger partial charge in [-0.25, -0.2) is 4.39 Å². The van der Waals surface area contributed by atoms with E-state index in [1.54, 1.807) is 11.9 Å². The molecule has 0 aliphatic carbocycles. The number of nitrogens with zero attached hydrogens (tertiary/aromatic N) is 1. The molecule has 0 unspecified atom stereocenters. The summed E-state index contributed by atoms with van der Waals surface area (Å²) < 4.78 is 12.6. The summed E-state index contributed by atoms with van der Waals surface area (Å²) >= 11 is 0. The second-order valence-corrected chi connectivity index (χ2v) is 3.59. The molecule has 0 fully saturated rings. The van der Waals surface area contributed by atoms with Crippen LogP contribution in [0.5, 0.6) is 0 Å². The molecule has 0 saturated heterocycles. The Labute approximate surface area is 89.7 Å². The third kappa shape index (κ3) is 3.35. The number of carbonyl (C=O) groups is 1. The normalized spacial score (nSPS) is 10.1. The molecule has 0 saturated carbocycles. The van der Waals surface area contributed by atoms with Gasteiger partial charge in [-0.15, -0.1) is 0 Å². The molecule has 0 N–H and O–H groups in total. The van der Waals surface area contributed by atoms with Crippen molar-refractivity contribution in [3.8, 4) is 0 Å². The predicted molar refractivity (Wildman–Crippen MR) is 58.3 cm³/mol. The number of carbonyl (C=O) groups excluding carboxylic acids is 1. The van der Waals surface area contributed by atoms with Crippen LogP contribution < -0.4 is 0 Å². The van der Waals surface area contributed by atoms with Crippen LogP contribution in [0.4, 0.5) is 4.39 Å². The first-order chi connectivity index (χ1) is 7.15. The molecule has 1 amide bonds. The number of rotatable bonds is 4. The van der Waals surface area contributed by atoms with E-state index in [-0.39, 0.29) is 11.7 Å². The number of benzene rings is 1. The number of hydrogen-bond donors (Lipinski definition) is 0. The van der Waals surface area contributed by atoms with Gasteiger partial charge >= 0.3 is 0 Å². The van der Waals surface area contributed by atoms with Crippen LogP contribution in [0.1, 0.15) is 30.1 Å². The third-order valence-corrected chi connectivity index (χ3v) is 2.28. The minimum atomic E-state index is -0.317. The fourth-order valence-corrected chi connectivity index (χ4v) is 1.31. The first-order valence-corrected chi connectivity index (χ1v) is 5.16. The molecule has 15 heavy (non-hydrogen) atoms. The van der Waals surface area contributed by atoms with Crippen LogP contribution in [0.25, 0.3) is 0 Å². The highest BCUT2D eigenvalue weighted by Gasteiger charge is 2.10. The lowest BCUT2D eigenvalue weighted by molar-refractivity contribution is 0.0793. The Morgan fingerprint density at radius 1 is 1.33 bits per heavy atom. The van der Waals surface area contributed by atoms with E-state index in [0.29, 0.717) is 5.56 Å². The number of amides is 1. The average molecular weight is 209 g/mol. The Hall–Kier alpha value is -1.38. The van der Waals surface area contributed by atoms with Crippen molar-refractivity contribution in [2.24, 2.45) is 0 Å². The van der Waals surface area contributed by atoms with Crippen LogP contribution in [-0.4, -0.2) is 24.4 Å². The van der Waals surface area contributed by atoms with E-state index < -0.39 is 0 Å². The zero-order valence-corrected chi connectivity index (χ0v) is 9.16. The van der Waals surface area contributed by atoms with Crippen molar-refractivity contribution in [3.05, 3.63) is 35.6 Å². The number of halogens is 1. The molecule has 3 heteroatoms. The lowest BCUT2D eigenvalue weighted by atomic mass is 10.2. The van der Waals surface area contributed by atoms with Crippen molar-refractivity contribution < 1.29 is 9.18 Å². The van der Waals surface area contributed by atoms with E-state index >= 15 is 0 Å². The van der Waals surface area contributed by atoms with Crippen molar-refractivity contribution >= 4 is 5.91 Å². The zero-order chi connectivity index (χ0) is 11.3. The van der Waals surface area contributed by atoms with Crippen LogP contribution in [0.3, 0.4) is 0 Å². The average Bonchev–Trinajstić information content (AvgIpc) is 2.26. The van der Waals surface area contributed by atoms with Gasteiger partial charge in [-0.05, 0) is 30.7 Å². The zero-order valence-electron chi connectivity index (χ0n) is 9.16. The van der Waals surface area contributed by atoms with Crippen LogP contribution >= 0.6 is 0 Å². The van der Waals surface area contributed by atoms with E-state index in [1.807, 2.05) is 0 Å². The van der Waals surface area contributed by atoms with Gasteiger partial charge in [-0.2, -0.15) is 0 Å². The van der Waals surface area contributed by atoms with Crippen LogP contribution in [0, 0.1) is 5.82 Å². The summed E-state index contributed by atoms with van der Waals surface area (Å²) in [4.78, 5) is 13.4.